The van der Waals surface area contributed by atoms with Crippen LogP contribution in [0.4, 0.5) is 0 Å². The number of carbonyl (C=O) groups excluding carboxylic acids is 3. The third-order valence-corrected chi connectivity index (χ3v) is 5.14. The molecule has 2 saturated heterocycles. The van der Waals surface area contributed by atoms with Crippen molar-refractivity contribution in [3.63, 3.8) is 0 Å². The first-order chi connectivity index (χ1) is 9.48. The fourth-order valence-electron chi connectivity index (χ4n) is 4.11. The van der Waals surface area contributed by atoms with Crippen molar-refractivity contribution < 1.29 is 14.4 Å². The molecule has 0 spiro atoms. The standard InChI is InChI=1S/C15H14N2O3/c1-15-10-6-4-3-5-8(10)13(19)17(15)7-9-11(15)14(20)16(2)12(9)18/h3-6,9,11H,7H2,1-2H3/t9-,11+,15-/m0/s1. The fourth-order valence-corrected chi connectivity index (χ4v) is 4.11. The van der Waals surface area contributed by atoms with E-state index in [0.717, 1.165) is 5.56 Å². The van der Waals surface area contributed by atoms with Gasteiger partial charge in [-0.15, -0.1) is 0 Å². The molecule has 1 aromatic rings. The molecule has 3 amide bonds. The van der Waals surface area contributed by atoms with E-state index in [9.17, 15) is 14.4 Å². The molecule has 3 aliphatic heterocycles. The highest BCUT2D eigenvalue weighted by Gasteiger charge is 2.66. The summed E-state index contributed by atoms with van der Waals surface area (Å²) < 4.78 is 0. The van der Waals surface area contributed by atoms with Gasteiger partial charge < -0.3 is 4.90 Å². The van der Waals surface area contributed by atoms with Crippen molar-refractivity contribution in [1.29, 1.82) is 0 Å². The molecular weight excluding hydrogens is 256 g/mol. The zero-order valence-electron chi connectivity index (χ0n) is 11.3. The zero-order chi connectivity index (χ0) is 14.2. The minimum Gasteiger partial charge on any atom is -0.327 e. The molecule has 3 atom stereocenters. The molecule has 5 heteroatoms. The molecule has 0 saturated carbocycles. The molecule has 5 nitrogen and oxygen atoms in total. The van der Waals surface area contributed by atoms with E-state index < -0.39 is 17.4 Å². The third kappa shape index (κ3) is 1.01. The van der Waals surface area contributed by atoms with Crippen LogP contribution in [0.1, 0.15) is 22.8 Å². The molecule has 0 unspecified atom stereocenters. The summed E-state index contributed by atoms with van der Waals surface area (Å²) >= 11 is 0. The first kappa shape index (κ1) is 11.6. The van der Waals surface area contributed by atoms with Crippen LogP contribution in [-0.2, 0) is 15.1 Å². The normalized spacial score (nSPS) is 34.6. The Kier molecular flexibility index (Phi) is 1.91. The van der Waals surface area contributed by atoms with Crippen molar-refractivity contribution in [2.75, 3.05) is 13.6 Å². The first-order valence-corrected chi connectivity index (χ1v) is 6.71. The van der Waals surface area contributed by atoms with E-state index in [4.69, 9.17) is 0 Å². The number of likely N-dealkylation sites (tertiary alicyclic amines) is 1. The number of fused-ring (bicyclic) bond motifs is 5. The third-order valence-electron chi connectivity index (χ3n) is 5.14. The van der Waals surface area contributed by atoms with Gasteiger partial charge in [-0.3, -0.25) is 19.3 Å². The van der Waals surface area contributed by atoms with Crippen LogP contribution in [0.3, 0.4) is 0 Å². The summed E-state index contributed by atoms with van der Waals surface area (Å²) in [6.45, 7) is 2.25. The minimum atomic E-state index is -0.685. The fraction of sp³-hybridized carbons (Fsp3) is 0.400. The second kappa shape index (κ2) is 3.29. The summed E-state index contributed by atoms with van der Waals surface area (Å²) in [5, 5.41) is 0. The summed E-state index contributed by atoms with van der Waals surface area (Å²) in [7, 11) is 1.53. The summed E-state index contributed by atoms with van der Waals surface area (Å²) in [4.78, 5) is 40.0. The predicted molar refractivity (Wildman–Crippen MR) is 69.6 cm³/mol. The van der Waals surface area contributed by atoms with Crippen LogP contribution in [0.5, 0.6) is 0 Å². The molecule has 20 heavy (non-hydrogen) atoms. The Morgan fingerprint density at radius 1 is 1.15 bits per heavy atom. The van der Waals surface area contributed by atoms with Gasteiger partial charge in [-0.05, 0) is 18.6 Å². The second-order valence-electron chi connectivity index (χ2n) is 5.93. The van der Waals surface area contributed by atoms with Crippen molar-refractivity contribution in [2.45, 2.75) is 12.5 Å². The summed E-state index contributed by atoms with van der Waals surface area (Å²) in [5.74, 6) is -1.25. The Morgan fingerprint density at radius 3 is 2.60 bits per heavy atom. The van der Waals surface area contributed by atoms with Gasteiger partial charge in [0.05, 0.1) is 17.4 Å². The molecule has 0 N–H and O–H groups in total. The van der Waals surface area contributed by atoms with Crippen molar-refractivity contribution in [1.82, 2.24) is 9.80 Å². The highest BCUT2D eigenvalue weighted by Crippen LogP contribution is 2.54. The number of imide groups is 1. The molecule has 3 heterocycles. The van der Waals surface area contributed by atoms with Gasteiger partial charge in [-0.1, -0.05) is 18.2 Å². The SMILES string of the molecule is CN1C(=O)[C@H]2CN3C(=O)c4ccccc4[C@@]3(C)[C@H]2C1=O. The van der Waals surface area contributed by atoms with Crippen LogP contribution in [0.25, 0.3) is 0 Å². The molecule has 0 aromatic heterocycles. The quantitative estimate of drug-likeness (QED) is 0.649. The van der Waals surface area contributed by atoms with Gasteiger partial charge in [-0.2, -0.15) is 0 Å². The van der Waals surface area contributed by atoms with Crippen LogP contribution in [0, 0.1) is 11.8 Å². The molecule has 0 aliphatic carbocycles. The average Bonchev–Trinajstić information content (AvgIpc) is 2.95. The van der Waals surface area contributed by atoms with E-state index in [1.807, 2.05) is 25.1 Å². The number of carbonyl (C=O) groups is 3. The van der Waals surface area contributed by atoms with Crippen molar-refractivity contribution in [3.8, 4) is 0 Å². The van der Waals surface area contributed by atoms with Crippen LogP contribution in [0.15, 0.2) is 24.3 Å². The minimum absolute atomic E-state index is 0.0687. The molecule has 4 rings (SSSR count). The lowest BCUT2D eigenvalue weighted by Gasteiger charge is -2.32. The maximum atomic E-state index is 12.5. The van der Waals surface area contributed by atoms with Gasteiger partial charge in [0.25, 0.3) is 5.91 Å². The lowest BCUT2D eigenvalue weighted by molar-refractivity contribution is -0.139. The van der Waals surface area contributed by atoms with Gasteiger partial charge in [-0.25, -0.2) is 0 Å². The van der Waals surface area contributed by atoms with Gasteiger partial charge in [0.15, 0.2) is 0 Å². The maximum absolute atomic E-state index is 12.5. The van der Waals surface area contributed by atoms with Gasteiger partial charge in [0, 0.05) is 19.2 Å². The van der Waals surface area contributed by atoms with E-state index in [1.165, 1.54) is 11.9 Å². The largest absolute Gasteiger partial charge is 0.327 e. The Morgan fingerprint density at radius 2 is 1.85 bits per heavy atom. The molecule has 102 valence electrons. The van der Waals surface area contributed by atoms with E-state index in [2.05, 4.69) is 0 Å². The van der Waals surface area contributed by atoms with Gasteiger partial charge >= 0.3 is 0 Å². The van der Waals surface area contributed by atoms with Gasteiger partial charge in [0.1, 0.15) is 0 Å². The molecule has 0 radical (unpaired) electrons. The number of hydrogen-bond acceptors (Lipinski definition) is 3. The lowest BCUT2D eigenvalue weighted by Crippen LogP contribution is -2.44. The second-order valence-corrected chi connectivity index (χ2v) is 5.93. The summed E-state index contributed by atoms with van der Waals surface area (Å²) in [5.41, 5.74) is 0.841. The van der Waals surface area contributed by atoms with Crippen LogP contribution in [-0.4, -0.2) is 41.1 Å². The monoisotopic (exact) mass is 270 g/mol. The Balaban J connectivity index is 1.95. The molecular formula is C15H14N2O3. The highest BCUT2D eigenvalue weighted by molar-refractivity contribution is 6.09. The number of benzene rings is 1. The number of nitrogens with zero attached hydrogens (tertiary/aromatic N) is 2. The highest BCUT2D eigenvalue weighted by atomic mass is 16.2. The lowest BCUT2D eigenvalue weighted by atomic mass is 9.78. The van der Waals surface area contributed by atoms with E-state index in [1.54, 1.807) is 11.0 Å². The smallest absolute Gasteiger partial charge is 0.254 e. The van der Waals surface area contributed by atoms with Crippen molar-refractivity contribution in [3.05, 3.63) is 35.4 Å². The zero-order valence-corrected chi connectivity index (χ0v) is 11.3. The molecule has 3 aliphatic rings. The molecule has 0 bridgehead atoms. The Bertz CT molecular complexity index is 683. The first-order valence-electron chi connectivity index (χ1n) is 6.71. The molecule has 2 fully saturated rings. The van der Waals surface area contributed by atoms with E-state index in [-0.39, 0.29) is 17.7 Å². The van der Waals surface area contributed by atoms with Crippen LogP contribution < -0.4 is 0 Å². The van der Waals surface area contributed by atoms with Crippen molar-refractivity contribution >= 4 is 17.7 Å². The summed E-state index contributed by atoms with van der Waals surface area (Å²) in [6.07, 6.45) is 0. The van der Waals surface area contributed by atoms with Crippen LogP contribution >= 0.6 is 0 Å². The number of rotatable bonds is 0. The number of hydrogen-bond donors (Lipinski definition) is 0. The van der Waals surface area contributed by atoms with Crippen LogP contribution in [0.2, 0.25) is 0 Å². The molecule has 1 aromatic carbocycles. The average molecular weight is 270 g/mol. The maximum Gasteiger partial charge on any atom is 0.254 e. The Hall–Kier alpha value is -2.17. The predicted octanol–water partition coefficient (Wildman–Crippen LogP) is 0.602. The van der Waals surface area contributed by atoms with Crippen molar-refractivity contribution in [2.24, 2.45) is 11.8 Å². The van der Waals surface area contributed by atoms with E-state index >= 15 is 0 Å². The van der Waals surface area contributed by atoms with E-state index in [0.29, 0.717) is 12.1 Å². The topological polar surface area (TPSA) is 57.7 Å². The van der Waals surface area contributed by atoms with Gasteiger partial charge in [0.2, 0.25) is 11.8 Å². The summed E-state index contributed by atoms with van der Waals surface area (Å²) in [6, 6.07) is 7.39. The number of amides is 3. The Labute approximate surface area is 116 Å².